The molecule has 1 unspecified atom stereocenters. The van der Waals surface area contributed by atoms with Crippen LogP contribution in [0.5, 0.6) is 0 Å². The molecule has 0 N–H and O–H groups in total. The maximum atomic E-state index is 10.6. The number of unbranched alkanes of at least 4 members (excludes halogenated alkanes) is 13. The zero-order valence-electron chi connectivity index (χ0n) is 14.8. The highest BCUT2D eigenvalue weighted by Crippen LogP contribution is 2.15. The minimum atomic E-state index is 0.197. The van der Waals surface area contributed by atoms with Gasteiger partial charge >= 0.3 is 0 Å². The van der Waals surface area contributed by atoms with Gasteiger partial charge in [-0.3, -0.25) is 4.79 Å². The highest BCUT2D eigenvalue weighted by Gasteiger charge is 2.04. The van der Waals surface area contributed by atoms with Crippen LogP contribution in [-0.4, -0.2) is 6.29 Å². The Morgan fingerprint density at radius 1 is 0.619 bits per heavy atom. The van der Waals surface area contributed by atoms with Gasteiger partial charge in [0.05, 0.1) is 0 Å². The monoisotopic (exact) mass is 295 g/mol. The highest BCUT2D eigenvalue weighted by molar-refractivity contribution is 5.54. The molecule has 0 aliphatic carbocycles. The lowest BCUT2D eigenvalue weighted by molar-refractivity contribution is 0.476. The largest absolute Gasteiger partial charge is 0.291 e. The van der Waals surface area contributed by atoms with Gasteiger partial charge < -0.3 is 0 Å². The summed E-state index contributed by atoms with van der Waals surface area (Å²) in [5.41, 5.74) is 0. The lowest BCUT2D eigenvalue weighted by Crippen LogP contribution is -1.99. The Morgan fingerprint density at radius 3 is 1.33 bits per heavy atom. The van der Waals surface area contributed by atoms with Crippen LogP contribution in [-0.2, 0) is 4.79 Å². The quantitative estimate of drug-likeness (QED) is 0.264. The van der Waals surface area contributed by atoms with E-state index >= 15 is 0 Å². The Bertz CT molecular complexity index is 200. The van der Waals surface area contributed by atoms with Gasteiger partial charge in [0.25, 0.3) is 0 Å². The van der Waals surface area contributed by atoms with Gasteiger partial charge in [-0.2, -0.15) is 0 Å². The molecule has 21 heavy (non-hydrogen) atoms. The van der Waals surface area contributed by atoms with Crippen molar-refractivity contribution in [3.05, 3.63) is 0 Å². The predicted molar refractivity (Wildman–Crippen MR) is 94.4 cm³/mol. The first-order chi connectivity index (χ1) is 10.3. The van der Waals surface area contributed by atoms with Crippen molar-refractivity contribution in [3.8, 4) is 0 Å². The zero-order chi connectivity index (χ0) is 15.6. The molecule has 0 aromatic carbocycles. The van der Waals surface area contributed by atoms with Gasteiger partial charge in [0.15, 0.2) is 0 Å². The fraction of sp³-hybridized carbons (Fsp3) is 0.950. The molecule has 0 bridgehead atoms. The maximum absolute atomic E-state index is 10.6. The molecule has 0 aromatic heterocycles. The van der Waals surface area contributed by atoms with E-state index in [0.29, 0.717) is 0 Å². The van der Waals surface area contributed by atoms with Crippen molar-refractivity contribution < 1.29 is 4.79 Å². The molecule has 1 radical (unpaired) electrons. The van der Waals surface area contributed by atoms with Gasteiger partial charge in [-0.25, -0.2) is 0 Å². The molecule has 1 atom stereocenters. The molecule has 0 aliphatic rings. The van der Waals surface area contributed by atoms with E-state index in [1.165, 1.54) is 89.9 Å². The summed E-state index contributed by atoms with van der Waals surface area (Å²) in [5, 5.41) is 0. The van der Waals surface area contributed by atoms with Crippen molar-refractivity contribution in [2.45, 2.75) is 117 Å². The standard InChI is InChI=1S/C20H39O/c1-3-5-6-7-8-9-10-11-12-13-14-15-16-17-18-20(4-2)19-21/h20H,3-18H2,1-2H3. The predicted octanol–water partition coefficient (Wildman–Crippen LogP) is 6.99. The van der Waals surface area contributed by atoms with Crippen LogP contribution in [0, 0.1) is 5.92 Å². The Hall–Kier alpha value is -0.330. The van der Waals surface area contributed by atoms with Crippen LogP contribution in [0.2, 0.25) is 0 Å². The fourth-order valence-corrected chi connectivity index (χ4v) is 2.93. The highest BCUT2D eigenvalue weighted by atomic mass is 16.1. The molecule has 0 fully saturated rings. The minimum Gasteiger partial charge on any atom is -0.291 e. The van der Waals surface area contributed by atoms with Crippen molar-refractivity contribution >= 4 is 6.29 Å². The van der Waals surface area contributed by atoms with E-state index in [1.54, 1.807) is 0 Å². The summed E-state index contributed by atoms with van der Waals surface area (Å²) >= 11 is 0. The van der Waals surface area contributed by atoms with E-state index in [4.69, 9.17) is 0 Å². The molecule has 0 saturated carbocycles. The van der Waals surface area contributed by atoms with Gasteiger partial charge in [0.2, 0.25) is 6.29 Å². The summed E-state index contributed by atoms with van der Waals surface area (Å²) < 4.78 is 0. The molecular weight excluding hydrogens is 256 g/mol. The molecule has 0 saturated heterocycles. The van der Waals surface area contributed by atoms with E-state index < -0.39 is 0 Å². The SMILES string of the molecule is CCCCCCCCCCCCCCCCC([C]=O)CC. The first kappa shape index (κ1) is 20.7. The Morgan fingerprint density at radius 2 is 1.00 bits per heavy atom. The van der Waals surface area contributed by atoms with Crippen LogP contribution in [0.1, 0.15) is 117 Å². The average molecular weight is 296 g/mol. The van der Waals surface area contributed by atoms with Crippen LogP contribution in [0.3, 0.4) is 0 Å². The van der Waals surface area contributed by atoms with Gasteiger partial charge in [-0.15, -0.1) is 0 Å². The molecule has 0 aliphatic heterocycles. The molecule has 1 heteroatoms. The van der Waals surface area contributed by atoms with E-state index in [1.807, 2.05) is 0 Å². The van der Waals surface area contributed by atoms with Crippen LogP contribution in [0.25, 0.3) is 0 Å². The van der Waals surface area contributed by atoms with Gasteiger partial charge in [0.1, 0.15) is 0 Å². The van der Waals surface area contributed by atoms with Crippen LogP contribution in [0.15, 0.2) is 0 Å². The third-order valence-corrected chi connectivity index (χ3v) is 4.57. The molecule has 0 rings (SSSR count). The molecule has 1 nitrogen and oxygen atoms in total. The topological polar surface area (TPSA) is 17.1 Å². The second-order valence-corrected chi connectivity index (χ2v) is 6.61. The Kier molecular flexibility index (Phi) is 17.4. The Labute approximate surface area is 134 Å². The van der Waals surface area contributed by atoms with Crippen molar-refractivity contribution in [2.75, 3.05) is 0 Å². The summed E-state index contributed by atoms with van der Waals surface area (Å²) in [6.07, 6.45) is 23.7. The fourth-order valence-electron chi connectivity index (χ4n) is 2.93. The normalized spacial score (nSPS) is 12.5. The summed E-state index contributed by atoms with van der Waals surface area (Å²) in [6, 6.07) is 0. The number of hydrogen-bond donors (Lipinski definition) is 0. The van der Waals surface area contributed by atoms with Crippen LogP contribution in [0.4, 0.5) is 0 Å². The smallest absolute Gasteiger partial charge is 0.201 e. The molecular formula is C20H39O. The average Bonchev–Trinajstić information content (AvgIpc) is 2.51. The maximum Gasteiger partial charge on any atom is 0.201 e. The minimum absolute atomic E-state index is 0.197. The summed E-state index contributed by atoms with van der Waals surface area (Å²) in [4.78, 5) is 10.6. The van der Waals surface area contributed by atoms with E-state index in [-0.39, 0.29) is 5.92 Å². The zero-order valence-corrected chi connectivity index (χ0v) is 14.8. The van der Waals surface area contributed by atoms with Crippen molar-refractivity contribution in [3.63, 3.8) is 0 Å². The summed E-state index contributed by atoms with van der Waals surface area (Å²) in [6.45, 7) is 4.36. The van der Waals surface area contributed by atoms with E-state index in [0.717, 1.165) is 12.8 Å². The Balaban J connectivity index is 3.04. The number of rotatable bonds is 17. The third-order valence-electron chi connectivity index (χ3n) is 4.57. The lowest BCUT2D eigenvalue weighted by atomic mass is 9.99. The summed E-state index contributed by atoms with van der Waals surface area (Å²) in [5.74, 6) is 0.197. The lowest BCUT2D eigenvalue weighted by Gasteiger charge is -2.06. The molecule has 125 valence electrons. The third kappa shape index (κ3) is 15.9. The van der Waals surface area contributed by atoms with Crippen molar-refractivity contribution in [2.24, 2.45) is 5.92 Å². The van der Waals surface area contributed by atoms with Gasteiger partial charge in [-0.1, -0.05) is 104 Å². The van der Waals surface area contributed by atoms with E-state index in [2.05, 4.69) is 20.1 Å². The molecule has 0 heterocycles. The van der Waals surface area contributed by atoms with Gasteiger partial charge in [-0.05, 0) is 12.8 Å². The number of carbonyl (C=O) groups excluding carboxylic acids is 1. The van der Waals surface area contributed by atoms with Crippen molar-refractivity contribution in [1.82, 2.24) is 0 Å². The summed E-state index contributed by atoms with van der Waals surface area (Å²) in [7, 11) is 0. The first-order valence-corrected chi connectivity index (χ1v) is 9.72. The molecule has 0 spiro atoms. The van der Waals surface area contributed by atoms with Gasteiger partial charge in [0, 0.05) is 5.92 Å². The van der Waals surface area contributed by atoms with Crippen LogP contribution >= 0.6 is 0 Å². The number of hydrogen-bond acceptors (Lipinski definition) is 1. The molecule has 0 amide bonds. The van der Waals surface area contributed by atoms with Crippen LogP contribution < -0.4 is 0 Å². The van der Waals surface area contributed by atoms with Crippen molar-refractivity contribution in [1.29, 1.82) is 0 Å². The first-order valence-electron chi connectivity index (χ1n) is 9.72. The molecule has 0 aromatic rings. The second-order valence-electron chi connectivity index (χ2n) is 6.61. The van der Waals surface area contributed by atoms with E-state index in [9.17, 15) is 4.79 Å². The second kappa shape index (κ2) is 17.7.